The fourth-order valence-corrected chi connectivity index (χ4v) is 3.37. The number of likely N-dealkylation sites (tertiary alicyclic amines) is 1. The molecule has 0 bridgehead atoms. The fraction of sp³-hybridized carbons (Fsp3) is 0.421. The molecular formula is C19H22N2O4. The first-order valence-electron chi connectivity index (χ1n) is 8.51. The van der Waals surface area contributed by atoms with Crippen molar-refractivity contribution < 1.29 is 19.1 Å². The van der Waals surface area contributed by atoms with Crippen LogP contribution >= 0.6 is 0 Å². The number of hydrogen-bond acceptors (Lipinski definition) is 4. The van der Waals surface area contributed by atoms with E-state index in [0.29, 0.717) is 36.7 Å². The molecule has 1 fully saturated rings. The molecule has 0 aliphatic carbocycles. The van der Waals surface area contributed by atoms with E-state index in [1.54, 1.807) is 18.7 Å². The summed E-state index contributed by atoms with van der Waals surface area (Å²) in [7, 11) is 0. The molecule has 1 aromatic carbocycles. The Morgan fingerprint density at radius 1 is 1.32 bits per heavy atom. The van der Waals surface area contributed by atoms with E-state index < -0.39 is 11.9 Å². The Hall–Kier alpha value is -2.63. The van der Waals surface area contributed by atoms with Gasteiger partial charge in [0.15, 0.2) is 0 Å². The first-order chi connectivity index (χ1) is 12.0. The fourth-order valence-electron chi connectivity index (χ4n) is 3.37. The quantitative estimate of drug-likeness (QED) is 0.923. The van der Waals surface area contributed by atoms with Crippen molar-refractivity contribution in [2.24, 2.45) is 5.92 Å². The molecule has 6 nitrogen and oxygen atoms in total. The third-order valence-corrected chi connectivity index (χ3v) is 4.86. The lowest BCUT2D eigenvalue weighted by atomic mass is 9.90. The average Bonchev–Trinajstić information content (AvgIpc) is 2.96. The highest BCUT2D eigenvalue weighted by Gasteiger charge is 2.35. The predicted molar refractivity (Wildman–Crippen MR) is 91.9 cm³/mol. The van der Waals surface area contributed by atoms with Crippen molar-refractivity contribution in [1.82, 2.24) is 9.88 Å². The van der Waals surface area contributed by atoms with E-state index in [-0.39, 0.29) is 18.4 Å². The number of oxazole rings is 1. The highest BCUT2D eigenvalue weighted by molar-refractivity contribution is 5.80. The van der Waals surface area contributed by atoms with Gasteiger partial charge >= 0.3 is 5.97 Å². The Morgan fingerprint density at radius 3 is 2.72 bits per heavy atom. The van der Waals surface area contributed by atoms with Crippen LogP contribution < -0.4 is 0 Å². The van der Waals surface area contributed by atoms with Crippen molar-refractivity contribution in [3.8, 4) is 11.5 Å². The second kappa shape index (κ2) is 7.09. The first-order valence-corrected chi connectivity index (χ1v) is 8.51. The first kappa shape index (κ1) is 17.2. The Balaban J connectivity index is 1.75. The highest BCUT2D eigenvalue weighted by Crippen LogP contribution is 2.26. The number of aryl methyl sites for hydroxylation is 1. The van der Waals surface area contributed by atoms with E-state index >= 15 is 0 Å². The zero-order valence-corrected chi connectivity index (χ0v) is 14.4. The van der Waals surface area contributed by atoms with Gasteiger partial charge < -0.3 is 14.4 Å². The molecule has 2 aromatic rings. The van der Waals surface area contributed by atoms with Crippen LogP contribution in [0.5, 0.6) is 0 Å². The molecule has 6 heteroatoms. The van der Waals surface area contributed by atoms with Crippen LogP contribution in [0.15, 0.2) is 34.7 Å². The Labute approximate surface area is 146 Å². The summed E-state index contributed by atoms with van der Waals surface area (Å²) in [5.41, 5.74) is 1.47. The largest absolute Gasteiger partial charge is 0.481 e. The van der Waals surface area contributed by atoms with Gasteiger partial charge in [-0.25, -0.2) is 4.98 Å². The number of nitrogens with zero attached hydrogens (tertiary/aromatic N) is 2. The topological polar surface area (TPSA) is 83.6 Å². The predicted octanol–water partition coefficient (Wildman–Crippen LogP) is 2.90. The molecule has 132 valence electrons. The Kier molecular flexibility index (Phi) is 4.88. The monoisotopic (exact) mass is 342 g/mol. The molecule has 0 spiro atoms. The van der Waals surface area contributed by atoms with Crippen LogP contribution in [0.2, 0.25) is 0 Å². The van der Waals surface area contributed by atoms with Gasteiger partial charge in [0.2, 0.25) is 11.8 Å². The number of amides is 1. The lowest BCUT2D eigenvalue weighted by Gasteiger charge is -2.37. The SMILES string of the molecule is Cc1oc(-c2ccccc2)nc1CC(=O)N1CCC[C@@H](C(=O)O)[C@H]1C. The van der Waals surface area contributed by atoms with Gasteiger partial charge in [0.1, 0.15) is 5.76 Å². The maximum Gasteiger partial charge on any atom is 0.308 e. The van der Waals surface area contributed by atoms with E-state index in [4.69, 9.17) is 4.42 Å². The van der Waals surface area contributed by atoms with E-state index in [9.17, 15) is 14.7 Å². The van der Waals surface area contributed by atoms with Gasteiger partial charge in [-0.1, -0.05) is 18.2 Å². The molecule has 25 heavy (non-hydrogen) atoms. The molecule has 1 saturated heterocycles. The number of aliphatic carboxylic acids is 1. The number of piperidine rings is 1. The van der Waals surface area contributed by atoms with Crippen LogP contribution in [0.25, 0.3) is 11.5 Å². The summed E-state index contributed by atoms with van der Waals surface area (Å²) in [6, 6.07) is 9.23. The van der Waals surface area contributed by atoms with Crippen LogP contribution in [-0.4, -0.2) is 39.5 Å². The molecule has 1 aromatic heterocycles. The maximum atomic E-state index is 12.7. The number of rotatable bonds is 4. The molecule has 2 heterocycles. The van der Waals surface area contributed by atoms with Crippen molar-refractivity contribution in [3.05, 3.63) is 41.8 Å². The summed E-state index contributed by atoms with van der Waals surface area (Å²) in [4.78, 5) is 30.2. The molecule has 0 unspecified atom stereocenters. The lowest BCUT2D eigenvalue weighted by Crippen LogP contribution is -2.49. The van der Waals surface area contributed by atoms with Crippen LogP contribution in [0.3, 0.4) is 0 Å². The number of carboxylic acid groups (broad SMARTS) is 1. The summed E-state index contributed by atoms with van der Waals surface area (Å²) >= 11 is 0. The third kappa shape index (κ3) is 3.57. The molecule has 2 atom stereocenters. The number of hydrogen-bond donors (Lipinski definition) is 1. The maximum absolute atomic E-state index is 12.7. The van der Waals surface area contributed by atoms with Crippen molar-refractivity contribution in [1.29, 1.82) is 0 Å². The van der Waals surface area contributed by atoms with Crippen molar-refractivity contribution in [2.45, 2.75) is 39.2 Å². The van der Waals surface area contributed by atoms with Crippen LogP contribution in [0, 0.1) is 12.8 Å². The normalized spacial score (nSPS) is 20.5. The molecule has 1 aliphatic rings. The van der Waals surface area contributed by atoms with Crippen molar-refractivity contribution in [3.63, 3.8) is 0 Å². The zero-order valence-electron chi connectivity index (χ0n) is 14.4. The number of aromatic nitrogens is 1. The summed E-state index contributed by atoms with van der Waals surface area (Å²) in [6.07, 6.45) is 1.44. The summed E-state index contributed by atoms with van der Waals surface area (Å²) in [5.74, 6) is -0.331. The van der Waals surface area contributed by atoms with Gasteiger partial charge in [0, 0.05) is 18.2 Å². The summed E-state index contributed by atoms with van der Waals surface area (Å²) in [6.45, 7) is 4.19. The summed E-state index contributed by atoms with van der Waals surface area (Å²) in [5, 5.41) is 9.31. The minimum atomic E-state index is -0.839. The van der Waals surface area contributed by atoms with Gasteiger partial charge in [0.25, 0.3) is 0 Å². The van der Waals surface area contributed by atoms with Crippen LogP contribution in [0.1, 0.15) is 31.2 Å². The standard InChI is InChI=1S/C19H22N2O4/c1-12-15(19(23)24)9-6-10-21(12)17(22)11-16-13(2)25-18(20-16)14-7-4-3-5-8-14/h3-5,7-8,12,15H,6,9-11H2,1-2H3,(H,23,24)/t12-,15-/m1/s1. The molecule has 3 rings (SSSR count). The number of carbonyl (C=O) groups is 2. The summed E-state index contributed by atoms with van der Waals surface area (Å²) < 4.78 is 5.70. The average molecular weight is 342 g/mol. The minimum absolute atomic E-state index is 0.102. The van der Waals surface area contributed by atoms with Crippen LogP contribution in [-0.2, 0) is 16.0 Å². The van der Waals surface area contributed by atoms with Crippen molar-refractivity contribution >= 4 is 11.9 Å². The van der Waals surface area contributed by atoms with E-state index in [2.05, 4.69) is 4.98 Å². The van der Waals surface area contributed by atoms with Gasteiger partial charge in [-0.3, -0.25) is 9.59 Å². The van der Waals surface area contributed by atoms with E-state index in [1.807, 2.05) is 30.3 Å². The Bertz CT molecular complexity index is 769. The lowest BCUT2D eigenvalue weighted by molar-refractivity contribution is -0.148. The molecule has 1 N–H and O–H groups in total. The third-order valence-electron chi connectivity index (χ3n) is 4.86. The molecule has 0 saturated carbocycles. The van der Waals surface area contributed by atoms with E-state index in [0.717, 1.165) is 5.56 Å². The van der Waals surface area contributed by atoms with Gasteiger partial charge in [0.05, 0.1) is 18.0 Å². The number of benzene rings is 1. The van der Waals surface area contributed by atoms with Crippen LogP contribution in [0.4, 0.5) is 0 Å². The van der Waals surface area contributed by atoms with Gasteiger partial charge in [-0.15, -0.1) is 0 Å². The van der Waals surface area contributed by atoms with Gasteiger partial charge in [-0.2, -0.15) is 0 Å². The highest BCUT2D eigenvalue weighted by atomic mass is 16.4. The smallest absolute Gasteiger partial charge is 0.308 e. The minimum Gasteiger partial charge on any atom is -0.481 e. The Morgan fingerprint density at radius 2 is 2.04 bits per heavy atom. The second-order valence-electron chi connectivity index (χ2n) is 6.48. The molecular weight excluding hydrogens is 320 g/mol. The molecule has 1 amide bonds. The molecule has 0 radical (unpaired) electrons. The number of carboxylic acids is 1. The zero-order chi connectivity index (χ0) is 18.0. The number of carbonyl (C=O) groups excluding carboxylic acids is 1. The van der Waals surface area contributed by atoms with Crippen molar-refractivity contribution in [2.75, 3.05) is 6.54 Å². The van der Waals surface area contributed by atoms with Gasteiger partial charge in [-0.05, 0) is 38.8 Å². The molecule has 1 aliphatic heterocycles. The van der Waals surface area contributed by atoms with E-state index in [1.165, 1.54) is 0 Å². The second-order valence-corrected chi connectivity index (χ2v) is 6.48.